The third-order valence-corrected chi connectivity index (χ3v) is 2.48. The first-order chi connectivity index (χ1) is 9.58. The molecular formula is C14H21NO5. The van der Waals surface area contributed by atoms with Gasteiger partial charge in [-0.15, -0.1) is 0 Å². The molecule has 0 saturated carbocycles. The van der Waals surface area contributed by atoms with Crippen molar-refractivity contribution < 1.29 is 19.0 Å². The van der Waals surface area contributed by atoms with Crippen LogP contribution in [0.1, 0.15) is 20.3 Å². The molecule has 1 rings (SSSR count). The Kier molecular flexibility index (Phi) is 6.79. The molecule has 0 saturated heterocycles. The largest absolute Gasteiger partial charge is 0.488 e. The van der Waals surface area contributed by atoms with Gasteiger partial charge in [0, 0.05) is 13.3 Å². The van der Waals surface area contributed by atoms with Crippen molar-refractivity contribution >= 4 is 5.97 Å². The first kappa shape index (κ1) is 16.2. The van der Waals surface area contributed by atoms with Gasteiger partial charge in [-0.2, -0.15) is 0 Å². The number of esters is 1. The van der Waals surface area contributed by atoms with E-state index in [-0.39, 0.29) is 24.0 Å². The molecule has 0 radical (unpaired) electrons. The Labute approximate surface area is 118 Å². The normalized spacial score (nSPS) is 11.9. The number of rotatable bonds is 8. The van der Waals surface area contributed by atoms with Crippen LogP contribution in [0.2, 0.25) is 0 Å². The Balaban J connectivity index is 2.68. The van der Waals surface area contributed by atoms with Crippen LogP contribution >= 0.6 is 0 Å². The van der Waals surface area contributed by atoms with Crippen molar-refractivity contribution in [2.45, 2.75) is 32.9 Å². The minimum atomic E-state index is -0.482. The van der Waals surface area contributed by atoms with Crippen molar-refractivity contribution in [2.24, 2.45) is 0 Å². The highest BCUT2D eigenvalue weighted by Gasteiger charge is 2.12. The smallest absolute Gasteiger partial charge is 0.326 e. The lowest BCUT2D eigenvalue weighted by atomic mass is 10.4. The number of ether oxygens (including phenoxy) is 3. The van der Waals surface area contributed by atoms with E-state index >= 15 is 0 Å². The van der Waals surface area contributed by atoms with Crippen LogP contribution in [0, 0.1) is 0 Å². The molecule has 20 heavy (non-hydrogen) atoms. The summed E-state index contributed by atoms with van der Waals surface area (Å²) in [6.45, 7) is 4.33. The van der Waals surface area contributed by atoms with Gasteiger partial charge in [0.2, 0.25) is 0 Å². The van der Waals surface area contributed by atoms with E-state index in [2.05, 4.69) is 0 Å². The van der Waals surface area contributed by atoms with Crippen LogP contribution < -0.4 is 10.3 Å². The molecule has 0 amide bonds. The van der Waals surface area contributed by atoms with Gasteiger partial charge in [0.1, 0.15) is 12.6 Å². The second kappa shape index (κ2) is 8.37. The lowest BCUT2D eigenvalue weighted by molar-refractivity contribution is -0.151. The molecule has 0 bridgehead atoms. The number of aromatic nitrogens is 1. The fourth-order valence-corrected chi connectivity index (χ4v) is 1.63. The Hall–Kier alpha value is -1.82. The highest BCUT2D eigenvalue weighted by atomic mass is 16.6. The fraction of sp³-hybridized carbons (Fsp3) is 0.571. The van der Waals surface area contributed by atoms with E-state index in [1.165, 1.54) is 17.9 Å². The van der Waals surface area contributed by atoms with E-state index in [0.29, 0.717) is 13.2 Å². The molecular weight excluding hydrogens is 262 g/mol. The SMILES string of the molecule is CCCOc1cccn(CC(=O)OC(C)COC)c1=O. The molecule has 0 spiro atoms. The van der Waals surface area contributed by atoms with Gasteiger partial charge in [-0.1, -0.05) is 6.92 Å². The number of nitrogens with zero attached hydrogens (tertiary/aromatic N) is 1. The van der Waals surface area contributed by atoms with Crippen LogP contribution in [0.4, 0.5) is 0 Å². The Morgan fingerprint density at radius 2 is 2.20 bits per heavy atom. The van der Waals surface area contributed by atoms with Gasteiger partial charge in [0.25, 0.3) is 5.56 Å². The van der Waals surface area contributed by atoms with Crippen LogP contribution in [0.15, 0.2) is 23.1 Å². The molecule has 0 aliphatic rings. The average Bonchev–Trinajstić information content (AvgIpc) is 2.40. The van der Waals surface area contributed by atoms with Gasteiger partial charge in [0.15, 0.2) is 5.75 Å². The summed E-state index contributed by atoms with van der Waals surface area (Å²) in [5.41, 5.74) is -0.336. The topological polar surface area (TPSA) is 66.8 Å². The zero-order valence-electron chi connectivity index (χ0n) is 12.1. The summed E-state index contributed by atoms with van der Waals surface area (Å²) < 4.78 is 16.6. The first-order valence-electron chi connectivity index (χ1n) is 6.59. The van der Waals surface area contributed by atoms with E-state index in [0.717, 1.165) is 6.42 Å². The predicted octanol–water partition coefficient (Wildman–Crippen LogP) is 1.22. The summed E-state index contributed by atoms with van der Waals surface area (Å²) in [6.07, 6.45) is 2.00. The summed E-state index contributed by atoms with van der Waals surface area (Å²) in [6, 6.07) is 3.26. The molecule has 0 fully saturated rings. The number of hydrogen-bond donors (Lipinski definition) is 0. The highest BCUT2D eigenvalue weighted by Crippen LogP contribution is 2.03. The second-order valence-electron chi connectivity index (χ2n) is 4.41. The van der Waals surface area contributed by atoms with Gasteiger partial charge in [-0.05, 0) is 25.5 Å². The van der Waals surface area contributed by atoms with Gasteiger partial charge < -0.3 is 18.8 Å². The molecule has 1 aromatic rings. The van der Waals surface area contributed by atoms with Crippen LogP contribution in [0.25, 0.3) is 0 Å². The summed E-state index contributed by atoms with van der Waals surface area (Å²) in [5, 5.41) is 0. The molecule has 1 heterocycles. The fourth-order valence-electron chi connectivity index (χ4n) is 1.63. The molecule has 0 aliphatic heterocycles. The van der Waals surface area contributed by atoms with E-state index < -0.39 is 5.97 Å². The Morgan fingerprint density at radius 1 is 1.45 bits per heavy atom. The lowest BCUT2D eigenvalue weighted by Gasteiger charge is -2.13. The van der Waals surface area contributed by atoms with Crippen molar-refractivity contribution in [1.82, 2.24) is 4.57 Å². The molecule has 0 aliphatic carbocycles. The van der Waals surface area contributed by atoms with E-state index in [1.807, 2.05) is 6.92 Å². The minimum absolute atomic E-state index is 0.143. The molecule has 6 nitrogen and oxygen atoms in total. The van der Waals surface area contributed by atoms with Crippen molar-refractivity contribution in [3.05, 3.63) is 28.7 Å². The van der Waals surface area contributed by atoms with E-state index in [9.17, 15) is 9.59 Å². The Bertz CT molecular complexity index is 483. The summed E-state index contributed by atoms with van der Waals surface area (Å²) in [4.78, 5) is 23.7. The maximum atomic E-state index is 12.0. The monoisotopic (exact) mass is 283 g/mol. The van der Waals surface area contributed by atoms with E-state index in [1.54, 1.807) is 19.1 Å². The summed E-state index contributed by atoms with van der Waals surface area (Å²) >= 11 is 0. The molecule has 0 N–H and O–H groups in total. The molecule has 1 atom stereocenters. The number of carbonyl (C=O) groups is 1. The van der Waals surface area contributed by atoms with Gasteiger partial charge in [0.05, 0.1) is 13.2 Å². The van der Waals surface area contributed by atoms with Crippen LogP contribution in [0.5, 0.6) is 5.75 Å². The third-order valence-electron chi connectivity index (χ3n) is 2.48. The second-order valence-corrected chi connectivity index (χ2v) is 4.41. The number of hydrogen-bond acceptors (Lipinski definition) is 5. The molecule has 1 aromatic heterocycles. The highest BCUT2D eigenvalue weighted by molar-refractivity contribution is 5.69. The molecule has 1 unspecified atom stereocenters. The average molecular weight is 283 g/mol. The molecule has 6 heteroatoms. The molecule has 0 aromatic carbocycles. The number of pyridine rings is 1. The van der Waals surface area contributed by atoms with E-state index in [4.69, 9.17) is 14.2 Å². The number of carbonyl (C=O) groups excluding carboxylic acids is 1. The van der Waals surface area contributed by atoms with Crippen LogP contribution in [0.3, 0.4) is 0 Å². The first-order valence-corrected chi connectivity index (χ1v) is 6.59. The Morgan fingerprint density at radius 3 is 2.85 bits per heavy atom. The molecule has 112 valence electrons. The van der Waals surface area contributed by atoms with Gasteiger partial charge in [-0.3, -0.25) is 9.59 Å². The maximum Gasteiger partial charge on any atom is 0.326 e. The lowest BCUT2D eigenvalue weighted by Crippen LogP contribution is -2.28. The van der Waals surface area contributed by atoms with Gasteiger partial charge >= 0.3 is 5.97 Å². The zero-order chi connectivity index (χ0) is 15.0. The van der Waals surface area contributed by atoms with Crippen LogP contribution in [-0.4, -0.2) is 37.0 Å². The third kappa shape index (κ3) is 5.05. The standard InChI is InChI=1S/C14H21NO5/c1-4-8-19-12-6-5-7-15(14(12)17)9-13(16)20-11(2)10-18-3/h5-7,11H,4,8-10H2,1-3H3. The van der Waals surface area contributed by atoms with Crippen molar-refractivity contribution in [3.63, 3.8) is 0 Å². The quantitative estimate of drug-likeness (QED) is 0.671. The number of methoxy groups -OCH3 is 1. The van der Waals surface area contributed by atoms with Crippen molar-refractivity contribution in [1.29, 1.82) is 0 Å². The predicted molar refractivity (Wildman–Crippen MR) is 73.9 cm³/mol. The van der Waals surface area contributed by atoms with Crippen molar-refractivity contribution in [3.8, 4) is 5.75 Å². The summed E-state index contributed by atoms with van der Waals surface area (Å²) in [7, 11) is 1.53. The summed E-state index contributed by atoms with van der Waals surface area (Å²) in [5.74, 6) is -0.239. The van der Waals surface area contributed by atoms with Crippen molar-refractivity contribution in [2.75, 3.05) is 20.3 Å². The van der Waals surface area contributed by atoms with Gasteiger partial charge in [-0.25, -0.2) is 0 Å². The maximum absolute atomic E-state index is 12.0. The van der Waals surface area contributed by atoms with Crippen LogP contribution in [-0.2, 0) is 20.8 Å². The minimum Gasteiger partial charge on any atom is -0.488 e. The zero-order valence-corrected chi connectivity index (χ0v) is 12.1.